The molecule has 3 heterocycles. The molecule has 3 saturated heterocycles. The first-order valence-electron chi connectivity index (χ1n) is 10.8. The number of carbonyl (C=O) groups excluding carboxylic acids is 3. The van der Waals surface area contributed by atoms with Crippen LogP contribution in [0.4, 0.5) is 5.69 Å². The summed E-state index contributed by atoms with van der Waals surface area (Å²) in [6, 6.07) is 5.78. The van der Waals surface area contributed by atoms with Gasteiger partial charge < -0.3 is 16.0 Å². The molecule has 1 aromatic rings. The summed E-state index contributed by atoms with van der Waals surface area (Å²) in [5.74, 6) is -1.51. The molecule has 0 saturated carbocycles. The smallest absolute Gasteiger partial charge is 0.229 e. The van der Waals surface area contributed by atoms with E-state index in [1.807, 2.05) is 32.0 Å². The molecule has 4 rings (SSSR count). The summed E-state index contributed by atoms with van der Waals surface area (Å²) < 4.78 is 0. The Bertz CT molecular complexity index is 857. The topological polar surface area (TPSA) is 103 Å². The molecule has 8 nitrogen and oxygen atoms in total. The van der Waals surface area contributed by atoms with Crippen molar-refractivity contribution in [2.24, 2.45) is 17.8 Å². The summed E-state index contributed by atoms with van der Waals surface area (Å²) in [6.07, 6.45) is 1.37. The van der Waals surface area contributed by atoms with Crippen molar-refractivity contribution in [3.05, 3.63) is 29.3 Å². The van der Waals surface area contributed by atoms with Crippen LogP contribution in [0.5, 0.6) is 0 Å². The molecule has 0 bridgehead atoms. The predicted molar refractivity (Wildman–Crippen MR) is 113 cm³/mol. The normalized spacial score (nSPS) is 32.0. The number of likely N-dealkylation sites (tertiary alicyclic amines) is 1. The second-order valence-corrected chi connectivity index (χ2v) is 9.01. The largest absolute Gasteiger partial charge is 0.340 e. The van der Waals surface area contributed by atoms with E-state index in [9.17, 15) is 14.4 Å². The van der Waals surface area contributed by atoms with Gasteiger partial charge in [0.25, 0.3) is 0 Å². The summed E-state index contributed by atoms with van der Waals surface area (Å²) in [5.41, 5.74) is 2.76. The molecule has 8 heteroatoms. The van der Waals surface area contributed by atoms with Crippen LogP contribution in [0.25, 0.3) is 0 Å². The third-order valence-electron chi connectivity index (χ3n) is 6.46. The fraction of sp³-hybridized carbons (Fsp3) is 0.591. The minimum absolute atomic E-state index is 0.00156. The second kappa shape index (κ2) is 8.35. The van der Waals surface area contributed by atoms with Crippen molar-refractivity contribution >= 4 is 23.4 Å². The van der Waals surface area contributed by atoms with E-state index in [2.05, 4.69) is 33.1 Å². The standard InChI is InChI=1S/C22H31N5O3/c1-12-6-7-16(14(3)9-12)23-20(29)15-10-17(28)24-19-18(15)21(30)26-22(25-19)27-8-4-5-13(2)11-27/h6-7,9,13,15,18-19,22,25H,4-5,8,10-11H2,1-3H3,(H,23,29)(H,24,28)(H,26,30). The molecular weight excluding hydrogens is 382 g/mol. The molecule has 4 N–H and O–H groups in total. The number of hydrogen-bond donors (Lipinski definition) is 4. The molecule has 3 aliphatic heterocycles. The number of rotatable bonds is 3. The number of anilines is 1. The lowest BCUT2D eigenvalue weighted by Gasteiger charge is -2.47. The van der Waals surface area contributed by atoms with Crippen LogP contribution in [0, 0.1) is 31.6 Å². The van der Waals surface area contributed by atoms with Gasteiger partial charge in [0.15, 0.2) is 0 Å². The van der Waals surface area contributed by atoms with E-state index in [0.29, 0.717) is 11.6 Å². The fourth-order valence-electron chi connectivity index (χ4n) is 4.90. The van der Waals surface area contributed by atoms with E-state index in [-0.39, 0.29) is 30.4 Å². The molecule has 1 aromatic carbocycles. The summed E-state index contributed by atoms with van der Waals surface area (Å²) in [4.78, 5) is 40.7. The first-order valence-corrected chi connectivity index (χ1v) is 10.8. The molecule has 0 radical (unpaired) electrons. The number of benzene rings is 1. The van der Waals surface area contributed by atoms with Crippen molar-refractivity contribution in [3.8, 4) is 0 Å². The average Bonchev–Trinajstić information content (AvgIpc) is 2.69. The molecule has 3 aliphatic rings. The van der Waals surface area contributed by atoms with Gasteiger partial charge in [-0.15, -0.1) is 0 Å². The van der Waals surface area contributed by atoms with Crippen molar-refractivity contribution in [1.82, 2.24) is 20.9 Å². The van der Waals surface area contributed by atoms with Crippen molar-refractivity contribution in [1.29, 1.82) is 0 Å². The fourth-order valence-corrected chi connectivity index (χ4v) is 4.90. The van der Waals surface area contributed by atoms with Crippen LogP contribution in [0.15, 0.2) is 18.2 Å². The van der Waals surface area contributed by atoms with Crippen LogP contribution in [0.1, 0.15) is 37.3 Å². The maximum atomic E-state index is 13.1. The van der Waals surface area contributed by atoms with E-state index in [1.54, 1.807) is 0 Å². The van der Waals surface area contributed by atoms with Crippen molar-refractivity contribution in [3.63, 3.8) is 0 Å². The zero-order valence-electron chi connectivity index (χ0n) is 17.8. The lowest BCUT2D eigenvalue weighted by molar-refractivity contribution is -0.148. The number of hydrogen-bond acceptors (Lipinski definition) is 5. The molecule has 0 aromatic heterocycles. The molecule has 30 heavy (non-hydrogen) atoms. The first-order chi connectivity index (χ1) is 14.3. The van der Waals surface area contributed by atoms with Crippen LogP contribution < -0.4 is 21.3 Å². The van der Waals surface area contributed by atoms with Crippen molar-refractivity contribution < 1.29 is 14.4 Å². The number of amides is 3. The Labute approximate surface area is 177 Å². The Kier molecular flexibility index (Phi) is 5.79. The van der Waals surface area contributed by atoms with Gasteiger partial charge in [-0.3, -0.25) is 24.6 Å². The Morgan fingerprint density at radius 1 is 1.20 bits per heavy atom. The third kappa shape index (κ3) is 4.20. The number of carbonyl (C=O) groups is 3. The van der Waals surface area contributed by atoms with Crippen molar-refractivity contribution in [2.45, 2.75) is 52.5 Å². The molecular formula is C22H31N5O3. The Balaban J connectivity index is 1.49. The van der Waals surface area contributed by atoms with Crippen LogP contribution in [0.2, 0.25) is 0 Å². The number of nitrogens with one attached hydrogen (secondary N) is 4. The van der Waals surface area contributed by atoms with Gasteiger partial charge in [-0.2, -0.15) is 0 Å². The van der Waals surface area contributed by atoms with E-state index in [4.69, 9.17) is 0 Å². The molecule has 5 unspecified atom stereocenters. The molecule has 0 spiro atoms. The SMILES string of the molecule is Cc1ccc(NC(=O)C2CC(=O)NC3NC(N4CCCC(C)C4)NC(=O)C32)c(C)c1. The summed E-state index contributed by atoms with van der Waals surface area (Å²) in [7, 11) is 0. The van der Waals surface area contributed by atoms with E-state index < -0.39 is 18.0 Å². The minimum Gasteiger partial charge on any atom is -0.340 e. The highest BCUT2D eigenvalue weighted by Gasteiger charge is 2.49. The van der Waals surface area contributed by atoms with Crippen molar-refractivity contribution in [2.75, 3.05) is 18.4 Å². The van der Waals surface area contributed by atoms with Crippen LogP contribution in [-0.4, -0.2) is 48.2 Å². The molecule has 5 atom stereocenters. The molecule has 162 valence electrons. The van der Waals surface area contributed by atoms with Gasteiger partial charge in [-0.25, -0.2) is 0 Å². The maximum absolute atomic E-state index is 13.1. The molecule has 0 aliphatic carbocycles. The first kappa shape index (κ1) is 20.8. The van der Waals surface area contributed by atoms with E-state index in [1.165, 1.54) is 6.42 Å². The average molecular weight is 414 g/mol. The summed E-state index contributed by atoms with van der Waals surface area (Å²) in [5, 5.41) is 12.2. The highest BCUT2D eigenvalue weighted by atomic mass is 16.2. The van der Waals surface area contributed by atoms with Gasteiger partial charge in [-0.1, -0.05) is 24.6 Å². The molecule has 3 amide bonds. The van der Waals surface area contributed by atoms with Gasteiger partial charge in [-0.05, 0) is 44.2 Å². The van der Waals surface area contributed by atoms with Crippen LogP contribution in [0.3, 0.4) is 0 Å². The number of aryl methyl sites for hydroxylation is 2. The van der Waals surface area contributed by atoms with E-state index in [0.717, 1.165) is 30.6 Å². The third-order valence-corrected chi connectivity index (χ3v) is 6.46. The van der Waals surface area contributed by atoms with Crippen LogP contribution >= 0.6 is 0 Å². The lowest BCUT2D eigenvalue weighted by Crippen LogP contribution is -2.74. The number of nitrogens with zero attached hydrogens (tertiary/aromatic N) is 1. The quantitative estimate of drug-likeness (QED) is 0.593. The zero-order chi connectivity index (χ0) is 21.4. The Hall–Kier alpha value is -2.45. The van der Waals surface area contributed by atoms with Crippen LogP contribution in [-0.2, 0) is 14.4 Å². The maximum Gasteiger partial charge on any atom is 0.229 e. The highest BCUT2D eigenvalue weighted by Crippen LogP contribution is 2.29. The van der Waals surface area contributed by atoms with Gasteiger partial charge in [0.05, 0.1) is 18.0 Å². The van der Waals surface area contributed by atoms with E-state index >= 15 is 0 Å². The Morgan fingerprint density at radius 3 is 2.73 bits per heavy atom. The van der Waals surface area contributed by atoms with Gasteiger partial charge in [0, 0.05) is 25.2 Å². The predicted octanol–water partition coefficient (Wildman–Crippen LogP) is 1.06. The zero-order valence-corrected chi connectivity index (χ0v) is 17.8. The lowest BCUT2D eigenvalue weighted by atomic mass is 9.81. The summed E-state index contributed by atoms with van der Waals surface area (Å²) in [6.45, 7) is 7.91. The van der Waals surface area contributed by atoms with Gasteiger partial charge >= 0.3 is 0 Å². The summed E-state index contributed by atoms with van der Waals surface area (Å²) >= 11 is 0. The highest BCUT2D eigenvalue weighted by molar-refractivity contribution is 6.00. The monoisotopic (exact) mass is 413 g/mol. The van der Waals surface area contributed by atoms with Gasteiger partial charge in [0.2, 0.25) is 17.7 Å². The minimum atomic E-state index is -0.724. The van der Waals surface area contributed by atoms with Gasteiger partial charge in [0.1, 0.15) is 6.29 Å². The molecule has 3 fully saturated rings. The number of piperidine rings is 2. The second-order valence-electron chi connectivity index (χ2n) is 9.01. The Morgan fingerprint density at radius 2 is 2.00 bits per heavy atom. The number of fused-ring (bicyclic) bond motifs is 1.